The van der Waals surface area contributed by atoms with Crippen LogP contribution in [0.2, 0.25) is 5.02 Å². The minimum atomic E-state index is -3.89. The fourth-order valence-corrected chi connectivity index (χ4v) is 10.2. The highest BCUT2D eigenvalue weighted by atomic mass is 35.5. The summed E-state index contributed by atoms with van der Waals surface area (Å²) in [6, 6.07) is 13.4. The molecule has 0 spiro atoms. The Morgan fingerprint density at radius 1 is 1.02 bits per heavy atom. The average molecular weight is 807 g/mol. The van der Waals surface area contributed by atoms with Crippen molar-refractivity contribution in [3.05, 3.63) is 82.2 Å². The molecule has 2 aromatic carbocycles. The molecular weight excluding hydrogens is 764 g/mol. The van der Waals surface area contributed by atoms with Crippen LogP contribution in [0.1, 0.15) is 68.9 Å². The van der Waals surface area contributed by atoms with E-state index < -0.39 is 62.8 Å². The van der Waals surface area contributed by atoms with Gasteiger partial charge in [-0.25, -0.2) is 18.2 Å². The summed E-state index contributed by atoms with van der Waals surface area (Å²) in [5, 5.41) is 8.66. The number of nitrogens with zero attached hydrogens (tertiary/aromatic N) is 3. The molecule has 3 fully saturated rings. The van der Waals surface area contributed by atoms with E-state index in [1.54, 1.807) is 6.07 Å². The molecule has 1 saturated heterocycles. The standard InChI is InChI=1S/C39H43ClN6O7S2/c40-30-14-9-12-25-20-45(22-29(25)30)38(50)53-27-18-33-34(47)43-39(36(49)44-55(51,52)28-16-17-28)19-26(39)13-7-2-1-3-8-15-31(35(48)46(33)21-27)41-37-42-32(23-54-37)24-10-5-4-6-11-24/h4-7,9-14,23,26-28,31,33H,1-3,8,15-22H2,(H,41,42)(H,43,47)(H,44,49)/b13-7-. The SMILES string of the molecule is O=C1NC2(C(=O)NS(=O)(=O)C3CC3)CC2/C=C\CCCCCC(Nc2nc(-c3ccccc3)cs2)C(=O)N2CC(OC(=O)N3Cc4cccc(Cl)c4C3)CC12. The van der Waals surface area contributed by atoms with Crippen molar-refractivity contribution in [2.24, 2.45) is 5.92 Å². The molecule has 0 radical (unpaired) electrons. The molecule has 2 saturated carbocycles. The molecule has 5 aliphatic rings. The molecule has 3 N–H and O–H groups in total. The molecule has 5 unspecified atom stereocenters. The van der Waals surface area contributed by atoms with Crippen molar-refractivity contribution < 1.29 is 32.3 Å². The van der Waals surface area contributed by atoms with Crippen LogP contribution in [0, 0.1) is 5.92 Å². The summed E-state index contributed by atoms with van der Waals surface area (Å²) in [6.45, 7) is 0.539. The fraction of sp³-hybridized carbons (Fsp3) is 0.462. The number of hydrogen-bond donors (Lipinski definition) is 3. The number of thiazole rings is 1. The second-order valence-electron chi connectivity index (χ2n) is 15.1. The Balaban J connectivity index is 1.06. The first-order valence-electron chi connectivity index (χ1n) is 18.9. The van der Waals surface area contributed by atoms with Gasteiger partial charge in [-0.1, -0.05) is 79.1 Å². The largest absolute Gasteiger partial charge is 0.444 e. The van der Waals surface area contributed by atoms with E-state index in [4.69, 9.17) is 21.3 Å². The van der Waals surface area contributed by atoms with Gasteiger partial charge in [0.15, 0.2) is 5.13 Å². The molecule has 4 amide bonds. The summed E-state index contributed by atoms with van der Waals surface area (Å²) in [6.07, 6.45) is 7.21. The van der Waals surface area contributed by atoms with Crippen LogP contribution < -0.4 is 15.4 Å². The average Bonchev–Trinajstić information content (AvgIpc) is 3.97. The van der Waals surface area contributed by atoms with Gasteiger partial charge in [0.25, 0.3) is 5.91 Å². The van der Waals surface area contributed by atoms with E-state index in [9.17, 15) is 27.6 Å². The maximum Gasteiger partial charge on any atom is 0.410 e. The number of rotatable bonds is 7. The summed E-state index contributed by atoms with van der Waals surface area (Å²) in [5.74, 6) is -2.17. The minimum absolute atomic E-state index is 0.00837. The number of hydrogen-bond acceptors (Lipinski definition) is 10. The second kappa shape index (κ2) is 15.2. The summed E-state index contributed by atoms with van der Waals surface area (Å²) in [4.78, 5) is 64.0. The zero-order valence-electron chi connectivity index (χ0n) is 30.1. The number of fused-ring (bicyclic) bond motifs is 3. The molecule has 8 rings (SSSR count). The molecule has 290 valence electrons. The van der Waals surface area contributed by atoms with Crippen molar-refractivity contribution in [2.75, 3.05) is 11.9 Å². The van der Waals surface area contributed by atoms with Crippen LogP contribution in [-0.4, -0.2) is 82.5 Å². The van der Waals surface area contributed by atoms with Crippen LogP contribution in [0.3, 0.4) is 0 Å². The third kappa shape index (κ3) is 7.96. The third-order valence-corrected chi connectivity index (χ3v) is 14.1. The molecule has 4 heterocycles. The highest BCUT2D eigenvalue weighted by Gasteiger charge is 2.62. The molecule has 3 aromatic rings. The number of aromatic nitrogens is 1. The number of ether oxygens (including phenoxy) is 1. The summed E-state index contributed by atoms with van der Waals surface area (Å²) < 4.78 is 33.9. The van der Waals surface area contributed by atoms with Crippen LogP contribution in [0.15, 0.2) is 66.1 Å². The highest BCUT2D eigenvalue weighted by molar-refractivity contribution is 7.91. The first-order valence-corrected chi connectivity index (χ1v) is 21.7. The number of nitrogens with one attached hydrogen (secondary N) is 3. The fourth-order valence-electron chi connectivity index (χ4n) is 7.81. The van der Waals surface area contributed by atoms with Crippen molar-refractivity contribution in [1.29, 1.82) is 0 Å². The van der Waals surface area contributed by atoms with Gasteiger partial charge in [-0.3, -0.25) is 24.0 Å². The highest BCUT2D eigenvalue weighted by Crippen LogP contribution is 2.46. The number of anilines is 1. The predicted molar refractivity (Wildman–Crippen MR) is 207 cm³/mol. The number of halogens is 1. The van der Waals surface area contributed by atoms with E-state index in [1.807, 2.05) is 60.0 Å². The van der Waals surface area contributed by atoms with Gasteiger partial charge in [-0.15, -0.1) is 11.3 Å². The smallest absolute Gasteiger partial charge is 0.410 e. The molecule has 13 nitrogen and oxygen atoms in total. The van der Waals surface area contributed by atoms with Crippen LogP contribution in [-0.2, 0) is 42.2 Å². The number of carbonyl (C=O) groups excluding carboxylic acids is 4. The lowest BCUT2D eigenvalue weighted by molar-refractivity contribution is -0.140. The molecule has 3 aliphatic heterocycles. The van der Waals surface area contributed by atoms with Gasteiger partial charge in [0, 0.05) is 34.8 Å². The van der Waals surface area contributed by atoms with Crippen LogP contribution >= 0.6 is 22.9 Å². The lowest BCUT2D eigenvalue weighted by Crippen LogP contribution is -2.57. The van der Waals surface area contributed by atoms with E-state index in [1.165, 1.54) is 21.1 Å². The zero-order chi connectivity index (χ0) is 38.3. The lowest BCUT2D eigenvalue weighted by atomic mass is 10.1. The van der Waals surface area contributed by atoms with Gasteiger partial charge in [0.1, 0.15) is 23.7 Å². The molecular formula is C39H43ClN6O7S2. The lowest BCUT2D eigenvalue weighted by Gasteiger charge is -2.29. The zero-order valence-corrected chi connectivity index (χ0v) is 32.5. The third-order valence-electron chi connectivity index (χ3n) is 11.2. The Bertz CT molecular complexity index is 2130. The molecule has 0 bridgehead atoms. The summed E-state index contributed by atoms with van der Waals surface area (Å²) in [7, 11) is -3.89. The van der Waals surface area contributed by atoms with Crippen LogP contribution in [0.5, 0.6) is 0 Å². The van der Waals surface area contributed by atoms with Gasteiger partial charge >= 0.3 is 6.09 Å². The number of sulfonamides is 1. The monoisotopic (exact) mass is 806 g/mol. The van der Waals surface area contributed by atoms with Crippen molar-refractivity contribution in [3.63, 3.8) is 0 Å². The van der Waals surface area contributed by atoms with Gasteiger partial charge in [-0.05, 0) is 55.7 Å². The number of carbonyl (C=O) groups is 4. The van der Waals surface area contributed by atoms with Crippen molar-refractivity contribution in [1.82, 2.24) is 24.8 Å². The Morgan fingerprint density at radius 3 is 2.62 bits per heavy atom. The van der Waals surface area contributed by atoms with E-state index in [0.29, 0.717) is 36.0 Å². The first-order chi connectivity index (χ1) is 26.5. The van der Waals surface area contributed by atoms with Crippen LogP contribution in [0.4, 0.5) is 9.93 Å². The number of benzene rings is 2. The van der Waals surface area contributed by atoms with E-state index in [0.717, 1.165) is 48.1 Å². The maximum atomic E-state index is 14.7. The van der Waals surface area contributed by atoms with E-state index >= 15 is 0 Å². The van der Waals surface area contributed by atoms with Crippen molar-refractivity contribution in [3.8, 4) is 11.3 Å². The first kappa shape index (κ1) is 37.5. The Hall–Kier alpha value is -4.47. The number of amides is 4. The minimum Gasteiger partial charge on any atom is -0.444 e. The molecule has 2 aliphatic carbocycles. The topological polar surface area (TPSA) is 167 Å². The normalized spacial score (nSPS) is 27.4. The van der Waals surface area contributed by atoms with Crippen LogP contribution in [0.25, 0.3) is 11.3 Å². The molecule has 5 atom stereocenters. The maximum absolute atomic E-state index is 14.7. The Kier molecular flexibility index (Phi) is 10.4. The van der Waals surface area contributed by atoms with Crippen molar-refractivity contribution in [2.45, 2.75) is 99.9 Å². The molecule has 1 aromatic heterocycles. The Morgan fingerprint density at radius 2 is 1.84 bits per heavy atom. The van der Waals surface area contributed by atoms with E-state index in [2.05, 4.69) is 15.4 Å². The van der Waals surface area contributed by atoms with Gasteiger partial charge in [0.05, 0.1) is 24.0 Å². The quantitative estimate of drug-likeness (QED) is 0.266. The van der Waals surface area contributed by atoms with Gasteiger partial charge < -0.3 is 20.3 Å². The Labute approximate surface area is 328 Å². The van der Waals surface area contributed by atoms with Gasteiger partial charge in [-0.2, -0.15) is 0 Å². The molecule has 16 heteroatoms. The second-order valence-corrected chi connectivity index (χ2v) is 18.3. The van der Waals surface area contributed by atoms with E-state index in [-0.39, 0.29) is 31.8 Å². The summed E-state index contributed by atoms with van der Waals surface area (Å²) in [5.41, 5.74) is 1.99. The predicted octanol–water partition coefficient (Wildman–Crippen LogP) is 5.37. The summed E-state index contributed by atoms with van der Waals surface area (Å²) >= 11 is 7.78. The van der Waals surface area contributed by atoms with Gasteiger partial charge in [0.2, 0.25) is 21.8 Å². The number of allylic oxidation sites excluding steroid dienone is 1. The van der Waals surface area contributed by atoms with Crippen molar-refractivity contribution >= 4 is 61.9 Å². The molecule has 55 heavy (non-hydrogen) atoms.